The zero-order valence-electron chi connectivity index (χ0n) is 11.1. The quantitative estimate of drug-likeness (QED) is 0.611. The lowest BCUT2D eigenvalue weighted by molar-refractivity contribution is -0.122. The Kier molecular flexibility index (Phi) is 6.70. The molecule has 1 atom stereocenters. The molecule has 0 aliphatic carbocycles. The molecule has 0 aromatic carbocycles. The molecule has 0 radical (unpaired) electrons. The van der Waals surface area contributed by atoms with Gasteiger partial charge in [-0.3, -0.25) is 9.59 Å². The van der Waals surface area contributed by atoms with Crippen LogP contribution in [-0.2, 0) is 9.53 Å². The highest BCUT2D eigenvalue weighted by Gasteiger charge is 2.19. The summed E-state index contributed by atoms with van der Waals surface area (Å²) >= 11 is 11.6. The first-order valence-corrected chi connectivity index (χ1v) is 6.61. The maximum absolute atomic E-state index is 11.9. The Labute approximate surface area is 126 Å². The van der Waals surface area contributed by atoms with Crippen LogP contribution in [0.15, 0.2) is 12.1 Å². The second-order valence-corrected chi connectivity index (χ2v) is 4.74. The van der Waals surface area contributed by atoms with Gasteiger partial charge in [-0.25, -0.2) is 4.98 Å². The van der Waals surface area contributed by atoms with Crippen LogP contribution in [0.5, 0.6) is 0 Å². The molecule has 20 heavy (non-hydrogen) atoms. The molecule has 0 aliphatic heterocycles. The second kappa shape index (κ2) is 8.04. The van der Waals surface area contributed by atoms with Crippen LogP contribution in [-0.4, -0.2) is 43.1 Å². The van der Waals surface area contributed by atoms with E-state index in [2.05, 4.69) is 15.6 Å². The number of methoxy groups -OCH3 is 1. The minimum absolute atomic E-state index is 0.0179. The molecule has 0 fully saturated rings. The third kappa shape index (κ3) is 4.96. The lowest BCUT2D eigenvalue weighted by Crippen LogP contribution is -2.45. The predicted molar refractivity (Wildman–Crippen MR) is 76.1 cm³/mol. The number of carbonyl (C=O) groups is 2. The van der Waals surface area contributed by atoms with Crippen LogP contribution >= 0.6 is 23.2 Å². The van der Waals surface area contributed by atoms with Gasteiger partial charge in [0.05, 0.1) is 11.6 Å². The summed E-state index contributed by atoms with van der Waals surface area (Å²) < 4.78 is 4.81. The minimum atomic E-state index is -0.726. The predicted octanol–water partition coefficient (Wildman–Crippen LogP) is 1.27. The van der Waals surface area contributed by atoms with Gasteiger partial charge < -0.3 is 15.4 Å². The average Bonchev–Trinajstić information content (AvgIpc) is 2.41. The summed E-state index contributed by atoms with van der Waals surface area (Å²) in [6.45, 7) is 2.32. The molecule has 0 bridgehead atoms. The molecule has 1 unspecified atom stereocenters. The molecule has 1 rings (SSSR count). The molecular weight excluding hydrogens is 305 g/mol. The molecular formula is C12H15Cl2N3O3. The number of hydrogen-bond donors (Lipinski definition) is 2. The van der Waals surface area contributed by atoms with Gasteiger partial charge in [-0.2, -0.15) is 0 Å². The van der Waals surface area contributed by atoms with Gasteiger partial charge in [0.2, 0.25) is 5.91 Å². The fourth-order valence-electron chi connectivity index (χ4n) is 1.34. The zero-order chi connectivity index (χ0) is 15.1. The summed E-state index contributed by atoms with van der Waals surface area (Å²) in [6.07, 6.45) is 0. The number of ether oxygens (including phenoxy) is 1. The van der Waals surface area contributed by atoms with Crippen molar-refractivity contribution in [1.82, 2.24) is 15.6 Å². The van der Waals surface area contributed by atoms with Crippen LogP contribution in [0.4, 0.5) is 0 Å². The minimum Gasteiger partial charge on any atom is -0.383 e. The van der Waals surface area contributed by atoms with Crippen molar-refractivity contribution in [3.63, 3.8) is 0 Å². The van der Waals surface area contributed by atoms with Crippen molar-refractivity contribution in [2.75, 3.05) is 20.3 Å². The molecule has 1 aromatic heterocycles. The number of rotatable bonds is 6. The zero-order valence-corrected chi connectivity index (χ0v) is 12.6. The lowest BCUT2D eigenvalue weighted by atomic mass is 10.2. The number of aromatic nitrogens is 1. The Morgan fingerprint density at radius 2 is 2.10 bits per heavy atom. The number of nitrogens with one attached hydrogen (secondary N) is 2. The number of pyridine rings is 1. The molecule has 0 spiro atoms. The largest absolute Gasteiger partial charge is 0.383 e. The van der Waals surface area contributed by atoms with E-state index in [9.17, 15) is 9.59 Å². The van der Waals surface area contributed by atoms with Crippen LogP contribution in [0.1, 0.15) is 17.4 Å². The first-order chi connectivity index (χ1) is 9.45. The monoisotopic (exact) mass is 319 g/mol. The number of amides is 2. The Hall–Kier alpha value is -1.37. The molecule has 1 aromatic rings. The van der Waals surface area contributed by atoms with Crippen LogP contribution in [0, 0.1) is 0 Å². The topological polar surface area (TPSA) is 80.3 Å². The second-order valence-electron chi connectivity index (χ2n) is 3.94. The highest BCUT2D eigenvalue weighted by molar-refractivity contribution is 6.34. The van der Waals surface area contributed by atoms with Gasteiger partial charge in [-0.1, -0.05) is 23.2 Å². The standard InChI is InChI=1S/C12H15Cl2N3O3/c1-7(11(18)15-5-6-20-2)16-12(19)10-8(13)3-4-9(14)17-10/h3-4,7H,5-6H2,1-2H3,(H,15,18)(H,16,19). The van der Waals surface area contributed by atoms with Gasteiger partial charge in [-0.15, -0.1) is 0 Å². The highest BCUT2D eigenvalue weighted by atomic mass is 35.5. The molecule has 2 amide bonds. The molecule has 8 heteroatoms. The third-order valence-corrected chi connectivity index (χ3v) is 2.89. The van der Waals surface area contributed by atoms with Gasteiger partial charge in [0.1, 0.15) is 16.9 Å². The fourth-order valence-corrected chi connectivity index (χ4v) is 1.68. The average molecular weight is 320 g/mol. The number of nitrogens with zero attached hydrogens (tertiary/aromatic N) is 1. The first kappa shape index (κ1) is 16.7. The summed E-state index contributed by atoms with van der Waals surface area (Å²) in [4.78, 5) is 27.4. The normalized spacial score (nSPS) is 11.8. The summed E-state index contributed by atoms with van der Waals surface area (Å²) in [5, 5.41) is 5.42. The van der Waals surface area contributed by atoms with E-state index in [0.29, 0.717) is 13.2 Å². The van der Waals surface area contributed by atoms with E-state index in [1.54, 1.807) is 6.92 Å². The van der Waals surface area contributed by atoms with Crippen molar-refractivity contribution in [1.29, 1.82) is 0 Å². The van der Waals surface area contributed by atoms with E-state index in [-0.39, 0.29) is 21.8 Å². The molecule has 1 heterocycles. The van der Waals surface area contributed by atoms with Gasteiger partial charge in [0.15, 0.2) is 0 Å². The maximum Gasteiger partial charge on any atom is 0.272 e. The van der Waals surface area contributed by atoms with Crippen molar-refractivity contribution in [2.24, 2.45) is 0 Å². The molecule has 0 saturated heterocycles. The summed E-state index contributed by atoms with van der Waals surface area (Å²) in [5.74, 6) is -0.888. The van der Waals surface area contributed by atoms with Crippen LogP contribution < -0.4 is 10.6 Å². The Balaban J connectivity index is 2.61. The van der Waals surface area contributed by atoms with E-state index < -0.39 is 11.9 Å². The van der Waals surface area contributed by atoms with E-state index in [4.69, 9.17) is 27.9 Å². The summed E-state index contributed by atoms with van der Waals surface area (Å²) in [6, 6.07) is 2.22. The van der Waals surface area contributed by atoms with E-state index in [1.807, 2.05) is 0 Å². The Morgan fingerprint density at radius 1 is 1.40 bits per heavy atom. The van der Waals surface area contributed by atoms with Gasteiger partial charge >= 0.3 is 0 Å². The van der Waals surface area contributed by atoms with E-state index >= 15 is 0 Å². The van der Waals surface area contributed by atoms with E-state index in [0.717, 1.165) is 0 Å². The van der Waals surface area contributed by atoms with Crippen molar-refractivity contribution < 1.29 is 14.3 Å². The highest BCUT2D eigenvalue weighted by Crippen LogP contribution is 2.16. The first-order valence-electron chi connectivity index (χ1n) is 5.85. The number of hydrogen-bond acceptors (Lipinski definition) is 4. The van der Waals surface area contributed by atoms with Crippen LogP contribution in [0.3, 0.4) is 0 Å². The van der Waals surface area contributed by atoms with Gasteiger partial charge in [0.25, 0.3) is 5.91 Å². The van der Waals surface area contributed by atoms with Crippen molar-refractivity contribution in [3.05, 3.63) is 28.0 Å². The SMILES string of the molecule is COCCNC(=O)C(C)NC(=O)c1nc(Cl)ccc1Cl. The number of halogens is 2. The molecule has 0 aliphatic rings. The Bertz CT molecular complexity index is 497. The fraction of sp³-hybridized carbons (Fsp3) is 0.417. The molecule has 2 N–H and O–H groups in total. The van der Waals surface area contributed by atoms with Crippen molar-refractivity contribution in [2.45, 2.75) is 13.0 Å². The summed E-state index contributed by atoms with van der Waals surface area (Å²) in [5.41, 5.74) is -0.0179. The van der Waals surface area contributed by atoms with Crippen LogP contribution in [0.25, 0.3) is 0 Å². The van der Waals surface area contributed by atoms with E-state index in [1.165, 1.54) is 19.2 Å². The smallest absolute Gasteiger partial charge is 0.272 e. The summed E-state index contributed by atoms with van der Waals surface area (Å²) in [7, 11) is 1.53. The van der Waals surface area contributed by atoms with Crippen molar-refractivity contribution >= 4 is 35.0 Å². The molecule has 6 nitrogen and oxygen atoms in total. The van der Waals surface area contributed by atoms with Crippen LogP contribution in [0.2, 0.25) is 10.2 Å². The van der Waals surface area contributed by atoms with Gasteiger partial charge in [-0.05, 0) is 19.1 Å². The molecule has 0 saturated carbocycles. The van der Waals surface area contributed by atoms with Crippen molar-refractivity contribution in [3.8, 4) is 0 Å². The number of carbonyl (C=O) groups excluding carboxylic acids is 2. The lowest BCUT2D eigenvalue weighted by Gasteiger charge is -2.14. The third-order valence-electron chi connectivity index (χ3n) is 2.37. The Morgan fingerprint density at radius 3 is 2.75 bits per heavy atom. The van der Waals surface area contributed by atoms with Gasteiger partial charge in [0, 0.05) is 13.7 Å². The maximum atomic E-state index is 11.9. The molecule has 110 valence electrons.